The highest BCUT2D eigenvalue weighted by Gasteiger charge is 2.18. The van der Waals surface area contributed by atoms with Crippen LogP contribution in [0.1, 0.15) is 11.7 Å². The minimum Gasteiger partial charge on any atom is -0.504 e. The highest BCUT2D eigenvalue weighted by molar-refractivity contribution is 5.87. The van der Waals surface area contributed by atoms with Crippen LogP contribution in [0.4, 0.5) is 0 Å². The number of carboxylic acids is 1. The molecule has 5 nitrogen and oxygen atoms in total. The van der Waals surface area contributed by atoms with E-state index < -0.39 is 23.4 Å². The average Bonchev–Trinajstić information content (AvgIpc) is 2.19. The SMILES string of the molecule is C=C(C(=O)O)C(O)c1ccc(O)c(O)c1. The molecular formula is C10H10O5. The number of rotatable bonds is 3. The molecule has 0 amide bonds. The molecule has 0 aromatic heterocycles. The van der Waals surface area contributed by atoms with Crippen LogP contribution < -0.4 is 0 Å². The van der Waals surface area contributed by atoms with E-state index >= 15 is 0 Å². The van der Waals surface area contributed by atoms with Crippen LogP contribution in [0.2, 0.25) is 0 Å². The Balaban J connectivity index is 3.02. The third kappa shape index (κ3) is 2.26. The van der Waals surface area contributed by atoms with Crippen LogP contribution in [-0.2, 0) is 4.79 Å². The van der Waals surface area contributed by atoms with E-state index in [1.807, 2.05) is 0 Å². The lowest BCUT2D eigenvalue weighted by molar-refractivity contribution is -0.133. The Morgan fingerprint density at radius 1 is 1.27 bits per heavy atom. The van der Waals surface area contributed by atoms with Crippen molar-refractivity contribution in [1.82, 2.24) is 0 Å². The number of hydrogen-bond acceptors (Lipinski definition) is 4. The fourth-order valence-electron chi connectivity index (χ4n) is 1.03. The Bertz CT molecular complexity index is 410. The molecule has 4 N–H and O–H groups in total. The van der Waals surface area contributed by atoms with Crippen molar-refractivity contribution in [1.29, 1.82) is 0 Å². The lowest BCUT2D eigenvalue weighted by atomic mass is 10.0. The van der Waals surface area contributed by atoms with E-state index in [4.69, 9.17) is 15.3 Å². The fraction of sp³-hybridized carbons (Fsp3) is 0.100. The van der Waals surface area contributed by atoms with Crippen LogP contribution >= 0.6 is 0 Å². The number of hydrogen-bond donors (Lipinski definition) is 4. The van der Waals surface area contributed by atoms with Crippen molar-refractivity contribution in [3.63, 3.8) is 0 Å². The number of aliphatic carboxylic acids is 1. The molecule has 0 heterocycles. The maximum absolute atomic E-state index is 10.5. The minimum absolute atomic E-state index is 0.151. The zero-order chi connectivity index (χ0) is 11.6. The molecule has 1 aromatic rings. The van der Waals surface area contributed by atoms with E-state index in [0.29, 0.717) is 0 Å². The first-order chi connectivity index (χ1) is 6.93. The number of aliphatic hydroxyl groups is 1. The van der Waals surface area contributed by atoms with Gasteiger partial charge in [0.05, 0.1) is 5.57 Å². The lowest BCUT2D eigenvalue weighted by Crippen LogP contribution is -2.09. The van der Waals surface area contributed by atoms with Gasteiger partial charge < -0.3 is 20.4 Å². The van der Waals surface area contributed by atoms with Gasteiger partial charge in [0.1, 0.15) is 6.10 Å². The van der Waals surface area contributed by atoms with Gasteiger partial charge in [0, 0.05) is 0 Å². The summed E-state index contributed by atoms with van der Waals surface area (Å²) in [6, 6.07) is 3.53. The van der Waals surface area contributed by atoms with Gasteiger partial charge in [-0.1, -0.05) is 12.6 Å². The molecule has 1 unspecified atom stereocenters. The van der Waals surface area contributed by atoms with Gasteiger partial charge in [-0.2, -0.15) is 0 Å². The summed E-state index contributed by atoms with van der Waals surface area (Å²) in [5.41, 5.74) is -0.252. The predicted octanol–water partition coefficient (Wildman–Crippen LogP) is 0.772. The summed E-state index contributed by atoms with van der Waals surface area (Å²) >= 11 is 0. The fourth-order valence-corrected chi connectivity index (χ4v) is 1.03. The van der Waals surface area contributed by atoms with Crippen LogP contribution in [0.5, 0.6) is 11.5 Å². The molecule has 1 aromatic carbocycles. The van der Waals surface area contributed by atoms with Crippen LogP contribution in [0.15, 0.2) is 30.4 Å². The molecule has 1 rings (SSSR count). The van der Waals surface area contributed by atoms with Crippen LogP contribution in [0.25, 0.3) is 0 Å². The second kappa shape index (κ2) is 4.02. The first kappa shape index (κ1) is 11.1. The minimum atomic E-state index is -1.41. The van der Waals surface area contributed by atoms with Crippen LogP contribution in [-0.4, -0.2) is 26.4 Å². The quantitative estimate of drug-likeness (QED) is 0.436. The van der Waals surface area contributed by atoms with Gasteiger partial charge in [-0.25, -0.2) is 4.79 Å². The van der Waals surface area contributed by atoms with E-state index in [-0.39, 0.29) is 11.3 Å². The summed E-state index contributed by atoms with van der Waals surface area (Å²) < 4.78 is 0. The number of carboxylic acid groups (broad SMARTS) is 1. The van der Waals surface area contributed by atoms with Crippen molar-refractivity contribution in [2.24, 2.45) is 0 Å². The smallest absolute Gasteiger partial charge is 0.333 e. The van der Waals surface area contributed by atoms with E-state index in [2.05, 4.69) is 6.58 Å². The summed E-state index contributed by atoms with van der Waals surface area (Å²) in [7, 11) is 0. The Morgan fingerprint density at radius 2 is 1.87 bits per heavy atom. The number of benzene rings is 1. The normalized spacial score (nSPS) is 12.1. The van der Waals surface area contributed by atoms with E-state index in [9.17, 15) is 9.90 Å². The van der Waals surface area contributed by atoms with Gasteiger partial charge in [-0.3, -0.25) is 0 Å². The molecule has 1 atom stereocenters. The van der Waals surface area contributed by atoms with Crippen molar-refractivity contribution in [3.05, 3.63) is 35.9 Å². The number of aromatic hydroxyl groups is 2. The van der Waals surface area contributed by atoms with Gasteiger partial charge in [0.15, 0.2) is 11.5 Å². The molecular weight excluding hydrogens is 200 g/mol. The van der Waals surface area contributed by atoms with E-state index in [0.717, 1.165) is 12.1 Å². The molecule has 0 aliphatic heterocycles. The van der Waals surface area contributed by atoms with Gasteiger partial charge in [-0.05, 0) is 17.7 Å². The Kier molecular flexibility index (Phi) is 2.96. The first-order valence-electron chi connectivity index (χ1n) is 4.05. The molecule has 0 radical (unpaired) electrons. The summed E-state index contributed by atoms with van der Waals surface area (Å²) in [4.78, 5) is 10.5. The van der Waals surface area contributed by atoms with Gasteiger partial charge in [0.2, 0.25) is 0 Å². The van der Waals surface area contributed by atoms with Gasteiger partial charge in [-0.15, -0.1) is 0 Å². The summed E-state index contributed by atoms with van der Waals surface area (Å²) in [6.07, 6.45) is -1.41. The average molecular weight is 210 g/mol. The van der Waals surface area contributed by atoms with Crippen molar-refractivity contribution in [2.75, 3.05) is 0 Å². The molecule has 80 valence electrons. The van der Waals surface area contributed by atoms with Gasteiger partial charge >= 0.3 is 5.97 Å². The summed E-state index contributed by atoms with van der Waals surface area (Å²) in [5.74, 6) is -2.09. The molecule has 5 heteroatoms. The molecule has 15 heavy (non-hydrogen) atoms. The third-order valence-corrected chi connectivity index (χ3v) is 1.92. The maximum atomic E-state index is 10.5. The van der Waals surface area contributed by atoms with Crippen LogP contribution in [0.3, 0.4) is 0 Å². The molecule has 0 spiro atoms. The zero-order valence-corrected chi connectivity index (χ0v) is 7.71. The largest absolute Gasteiger partial charge is 0.504 e. The van der Waals surface area contributed by atoms with E-state index in [1.54, 1.807) is 0 Å². The topological polar surface area (TPSA) is 98.0 Å². The van der Waals surface area contributed by atoms with Crippen molar-refractivity contribution in [3.8, 4) is 11.5 Å². The Labute approximate surface area is 85.5 Å². The number of phenols is 2. The van der Waals surface area contributed by atoms with Crippen LogP contribution in [0, 0.1) is 0 Å². The highest BCUT2D eigenvalue weighted by Crippen LogP contribution is 2.29. The standard InChI is InChI=1S/C10H10O5/c1-5(10(14)15)9(13)6-2-3-7(11)8(12)4-6/h2-4,9,11-13H,1H2,(H,14,15). The van der Waals surface area contributed by atoms with Crippen molar-refractivity contribution >= 4 is 5.97 Å². The maximum Gasteiger partial charge on any atom is 0.333 e. The predicted molar refractivity (Wildman–Crippen MR) is 51.5 cm³/mol. The zero-order valence-electron chi connectivity index (χ0n) is 7.71. The number of aliphatic hydroxyl groups excluding tert-OH is 1. The number of carbonyl (C=O) groups is 1. The second-order valence-corrected chi connectivity index (χ2v) is 2.98. The second-order valence-electron chi connectivity index (χ2n) is 2.98. The van der Waals surface area contributed by atoms with Crippen molar-refractivity contribution in [2.45, 2.75) is 6.10 Å². The molecule has 0 aliphatic carbocycles. The molecule has 0 saturated heterocycles. The molecule has 0 fully saturated rings. The Hall–Kier alpha value is -2.01. The summed E-state index contributed by atoms with van der Waals surface area (Å²) in [6.45, 7) is 3.19. The molecule has 0 saturated carbocycles. The van der Waals surface area contributed by atoms with E-state index in [1.165, 1.54) is 6.07 Å². The Morgan fingerprint density at radius 3 is 2.33 bits per heavy atom. The third-order valence-electron chi connectivity index (χ3n) is 1.92. The lowest BCUT2D eigenvalue weighted by Gasteiger charge is -2.11. The monoisotopic (exact) mass is 210 g/mol. The summed E-state index contributed by atoms with van der Waals surface area (Å²) in [5, 5.41) is 36.2. The van der Waals surface area contributed by atoms with Gasteiger partial charge in [0.25, 0.3) is 0 Å². The molecule has 0 bridgehead atoms. The number of phenolic OH excluding ortho intramolecular Hbond substituents is 2. The first-order valence-corrected chi connectivity index (χ1v) is 4.05. The highest BCUT2D eigenvalue weighted by atomic mass is 16.4. The van der Waals surface area contributed by atoms with Crippen molar-refractivity contribution < 1.29 is 25.2 Å². The molecule has 0 aliphatic rings.